The third-order valence-corrected chi connectivity index (χ3v) is 13.1. The highest BCUT2D eigenvalue weighted by molar-refractivity contribution is 5.89. The normalized spacial score (nSPS) is 13.9. The lowest BCUT2D eigenvalue weighted by Gasteiger charge is -2.29. The highest BCUT2D eigenvalue weighted by atomic mass is 14.4. The first-order valence-corrected chi connectivity index (χ1v) is 22.9. The molecule has 2 aliphatic carbocycles. The van der Waals surface area contributed by atoms with E-state index >= 15 is 0 Å². The van der Waals surface area contributed by atoms with Crippen molar-refractivity contribution in [1.82, 2.24) is 0 Å². The second-order valence-corrected chi connectivity index (χ2v) is 19.6. The van der Waals surface area contributed by atoms with Crippen molar-refractivity contribution in [1.29, 1.82) is 0 Å². The number of hydrogen-bond donors (Lipinski definition) is 0. The SMILES string of the molecule is CC(C)(C)c1c(-c2ccccc2)cc2c(c1=Cc1ccc(-c3ccccc3)cc1)=c1c(c(C3=CC=CC3)c(-c3ccccc3)c(C(C)(C)C)c1=Cc1ccc(-c3ccccc3)cc1)C2. The molecule has 0 N–H and O–H groups in total. The minimum absolute atomic E-state index is 0.173. The molecule has 0 unspecified atom stereocenters. The second kappa shape index (κ2) is 16.6. The first-order valence-electron chi connectivity index (χ1n) is 22.9. The Morgan fingerprint density at radius 2 is 0.859 bits per heavy atom. The molecule has 0 nitrogen and oxygen atoms in total. The maximum absolute atomic E-state index is 2.56. The molecule has 0 heteroatoms. The van der Waals surface area contributed by atoms with Crippen molar-refractivity contribution < 1.29 is 0 Å². The lowest BCUT2D eigenvalue weighted by atomic mass is 9.74. The van der Waals surface area contributed by atoms with Gasteiger partial charge in [0.1, 0.15) is 0 Å². The Morgan fingerprint density at radius 1 is 0.422 bits per heavy atom. The molecule has 8 aromatic rings. The number of fused-ring (bicyclic) bond motifs is 2. The van der Waals surface area contributed by atoms with E-state index in [4.69, 9.17) is 0 Å². The average molecular weight is 825 g/mol. The maximum atomic E-state index is 2.56. The standard InChI is InChI=1S/C64H56/c1-63(2,3)61-53(49-25-15-9-16-26-49)41-52-42-54-57(50-29-19-20-30-50)59(51-27-17-10-18-28-51)62(64(4,5)6)56(40-44-33-37-48(38-34-44)46-23-13-8-14-24-46)60(54)58(52)55(61)39-43-31-35-47(36-32-43)45-21-11-7-12-22-45/h7-29,31-41H,30,42H2,1-6H3. The number of benzene rings is 8. The zero-order valence-electron chi connectivity index (χ0n) is 38.0. The molecule has 0 saturated heterocycles. The molecule has 2 aliphatic rings. The molecule has 0 saturated carbocycles. The van der Waals surface area contributed by atoms with Crippen LogP contribution in [0.4, 0.5) is 0 Å². The molecule has 10 rings (SSSR count). The third kappa shape index (κ3) is 7.73. The van der Waals surface area contributed by atoms with Gasteiger partial charge in [0.05, 0.1) is 0 Å². The minimum Gasteiger partial charge on any atom is -0.0801 e. The summed E-state index contributed by atoms with van der Waals surface area (Å²) in [5, 5.41) is 5.40. The van der Waals surface area contributed by atoms with Gasteiger partial charge < -0.3 is 0 Å². The molecule has 0 aromatic heterocycles. The van der Waals surface area contributed by atoms with Crippen LogP contribution < -0.4 is 10.4 Å². The van der Waals surface area contributed by atoms with Crippen LogP contribution in [-0.2, 0) is 17.3 Å². The number of allylic oxidation sites excluding steroid dienone is 4. The van der Waals surface area contributed by atoms with E-state index in [0.717, 1.165) is 12.8 Å². The third-order valence-electron chi connectivity index (χ3n) is 13.1. The first-order chi connectivity index (χ1) is 31.0. The Kier molecular flexibility index (Phi) is 10.6. The highest BCUT2D eigenvalue weighted by Gasteiger charge is 2.32. The molecule has 0 atom stereocenters. The summed E-state index contributed by atoms with van der Waals surface area (Å²) in [7, 11) is 0. The van der Waals surface area contributed by atoms with Gasteiger partial charge in [-0.2, -0.15) is 0 Å². The summed E-state index contributed by atoms with van der Waals surface area (Å²) in [6, 6.07) is 64.7. The van der Waals surface area contributed by atoms with Gasteiger partial charge in [0.2, 0.25) is 0 Å². The van der Waals surface area contributed by atoms with E-state index in [9.17, 15) is 0 Å². The van der Waals surface area contributed by atoms with Crippen molar-refractivity contribution in [3.63, 3.8) is 0 Å². The Bertz CT molecular complexity index is 3300. The summed E-state index contributed by atoms with van der Waals surface area (Å²) in [4.78, 5) is 0. The summed E-state index contributed by atoms with van der Waals surface area (Å²) in [6.45, 7) is 14.4. The monoisotopic (exact) mass is 824 g/mol. The molecule has 0 spiro atoms. The van der Waals surface area contributed by atoms with Crippen LogP contribution in [0.1, 0.15) is 86.9 Å². The molecule has 0 heterocycles. The van der Waals surface area contributed by atoms with Gasteiger partial charge in [0.25, 0.3) is 0 Å². The fourth-order valence-electron chi connectivity index (χ4n) is 10.4. The van der Waals surface area contributed by atoms with Crippen LogP contribution in [-0.4, -0.2) is 0 Å². The van der Waals surface area contributed by atoms with Crippen LogP contribution >= 0.6 is 0 Å². The lowest BCUT2D eigenvalue weighted by Crippen LogP contribution is -2.29. The molecule has 64 heavy (non-hydrogen) atoms. The smallest absolute Gasteiger partial charge is 0.000650 e. The van der Waals surface area contributed by atoms with Gasteiger partial charge in [0.15, 0.2) is 0 Å². The van der Waals surface area contributed by atoms with E-state index in [2.05, 4.69) is 248 Å². The van der Waals surface area contributed by atoms with E-state index < -0.39 is 0 Å². The van der Waals surface area contributed by atoms with Crippen molar-refractivity contribution >= 4 is 17.7 Å². The van der Waals surface area contributed by atoms with Crippen molar-refractivity contribution in [2.24, 2.45) is 0 Å². The Balaban J connectivity index is 1.42. The quantitative estimate of drug-likeness (QED) is 0.150. The van der Waals surface area contributed by atoms with Crippen LogP contribution in [0.3, 0.4) is 0 Å². The summed E-state index contributed by atoms with van der Waals surface area (Å²) in [6.07, 6.45) is 13.8. The molecule has 8 aromatic carbocycles. The number of rotatable bonds is 7. The van der Waals surface area contributed by atoms with Crippen LogP contribution in [0.5, 0.6) is 0 Å². The Morgan fingerprint density at radius 3 is 1.31 bits per heavy atom. The maximum Gasteiger partial charge on any atom is -0.000650 e. The van der Waals surface area contributed by atoms with Gasteiger partial charge in [-0.3, -0.25) is 0 Å². The van der Waals surface area contributed by atoms with E-state index in [1.165, 1.54) is 110 Å². The van der Waals surface area contributed by atoms with Gasteiger partial charge in [-0.1, -0.05) is 230 Å². The van der Waals surface area contributed by atoms with Gasteiger partial charge in [-0.15, -0.1) is 0 Å². The Hall–Kier alpha value is -7.02. The van der Waals surface area contributed by atoms with Crippen molar-refractivity contribution in [2.75, 3.05) is 0 Å². The highest BCUT2D eigenvalue weighted by Crippen LogP contribution is 2.44. The fourth-order valence-corrected chi connectivity index (χ4v) is 10.4. The van der Waals surface area contributed by atoms with Crippen LogP contribution in [0.2, 0.25) is 0 Å². The minimum atomic E-state index is -0.200. The summed E-state index contributed by atoms with van der Waals surface area (Å²) < 4.78 is 0. The molecule has 0 aliphatic heterocycles. The summed E-state index contributed by atoms with van der Waals surface area (Å²) >= 11 is 0. The summed E-state index contributed by atoms with van der Waals surface area (Å²) in [5.74, 6) is 0. The van der Waals surface area contributed by atoms with Gasteiger partial charge >= 0.3 is 0 Å². The van der Waals surface area contributed by atoms with Crippen LogP contribution in [0.15, 0.2) is 194 Å². The zero-order chi connectivity index (χ0) is 44.0. The van der Waals surface area contributed by atoms with E-state index in [1.807, 2.05) is 0 Å². The van der Waals surface area contributed by atoms with E-state index in [-0.39, 0.29) is 10.8 Å². The second-order valence-electron chi connectivity index (χ2n) is 19.6. The zero-order valence-corrected chi connectivity index (χ0v) is 38.0. The van der Waals surface area contributed by atoms with E-state index in [1.54, 1.807) is 0 Å². The molecule has 0 radical (unpaired) electrons. The molecule has 0 bridgehead atoms. The van der Waals surface area contributed by atoms with Gasteiger partial charge in [-0.25, -0.2) is 0 Å². The van der Waals surface area contributed by atoms with Crippen molar-refractivity contribution in [3.05, 3.63) is 254 Å². The molecular weight excluding hydrogens is 769 g/mol. The van der Waals surface area contributed by atoms with Crippen LogP contribution in [0, 0.1) is 10.4 Å². The van der Waals surface area contributed by atoms with Crippen molar-refractivity contribution in [3.8, 4) is 44.5 Å². The first kappa shape index (κ1) is 41.0. The topological polar surface area (TPSA) is 0 Å². The van der Waals surface area contributed by atoms with Crippen LogP contribution in [0.25, 0.3) is 62.2 Å². The predicted molar refractivity (Wildman–Crippen MR) is 274 cm³/mol. The Labute approximate surface area is 379 Å². The fraction of sp³-hybridized carbons (Fsp3) is 0.156. The predicted octanol–water partition coefficient (Wildman–Crippen LogP) is 15.1. The lowest BCUT2D eigenvalue weighted by molar-refractivity contribution is 0.585. The van der Waals surface area contributed by atoms with Gasteiger partial charge in [0, 0.05) is 0 Å². The largest absolute Gasteiger partial charge is 0.0801 e. The molecule has 312 valence electrons. The summed E-state index contributed by atoms with van der Waals surface area (Å²) in [5.41, 5.74) is 20.5. The molecule has 0 amide bonds. The molecule has 0 fully saturated rings. The number of hydrogen-bond acceptors (Lipinski definition) is 0. The molecular formula is C64H56. The van der Waals surface area contributed by atoms with Crippen molar-refractivity contribution in [2.45, 2.75) is 65.2 Å². The average Bonchev–Trinajstić information content (AvgIpc) is 3.99. The van der Waals surface area contributed by atoms with Gasteiger partial charge in [-0.05, 0) is 152 Å². The van der Waals surface area contributed by atoms with E-state index in [0.29, 0.717) is 0 Å².